The number of amides is 1. The van der Waals surface area contributed by atoms with Crippen molar-refractivity contribution < 1.29 is 14.1 Å². The molecule has 4 aromatic rings. The van der Waals surface area contributed by atoms with E-state index < -0.39 is 0 Å². The minimum absolute atomic E-state index is 0.232. The molecule has 6 heteroatoms. The van der Waals surface area contributed by atoms with Gasteiger partial charge in [-0.25, -0.2) is 0 Å². The number of rotatable bonds is 7. The predicted octanol–water partition coefficient (Wildman–Crippen LogP) is 5.12. The van der Waals surface area contributed by atoms with E-state index >= 15 is 0 Å². The van der Waals surface area contributed by atoms with E-state index in [1.54, 1.807) is 13.1 Å². The lowest BCUT2D eigenvalue weighted by Gasteiger charge is -2.16. The third-order valence-corrected chi connectivity index (χ3v) is 4.96. The lowest BCUT2D eigenvalue weighted by Crippen LogP contribution is -2.27. The zero-order valence-electron chi connectivity index (χ0n) is 17.4. The Morgan fingerprint density at radius 2 is 1.87 bits per heavy atom. The Morgan fingerprint density at radius 3 is 2.65 bits per heavy atom. The standard InChI is InChI=1S/C25H23N3O3/c1-17(20-11-8-13-22(15-20)30-16-21-12-6-7-14-26-21)27-25(29)23-18(2)31-28-24(23)19-9-4-3-5-10-19/h3-15,17H,16H2,1-2H3,(H,27,29). The van der Waals surface area contributed by atoms with Crippen molar-refractivity contribution in [3.05, 3.63) is 102 Å². The fourth-order valence-electron chi connectivity index (χ4n) is 3.30. The first kappa shape index (κ1) is 20.3. The highest BCUT2D eigenvalue weighted by molar-refractivity contribution is 6.00. The number of carbonyl (C=O) groups excluding carboxylic acids is 1. The largest absolute Gasteiger partial charge is 0.487 e. The van der Waals surface area contributed by atoms with E-state index in [0.29, 0.717) is 23.6 Å². The molecule has 1 amide bonds. The molecule has 2 aromatic heterocycles. The highest BCUT2D eigenvalue weighted by atomic mass is 16.5. The van der Waals surface area contributed by atoms with Gasteiger partial charge in [0.2, 0.25) is 0 Å². The monoisotopic (exact) mass is 413 g/mol. The van der Waals surface area contributed by atoms with Crippen molar-refractivity contribution in [2.45, 2.75) is 26.5 Å². The second-order valence-electron chi connectivity index (χ2n) is 7.21. The molecule has 0 saturated heterocycles. The van der Waals surface area contributed by atoms with Gasteiger partial charge >= 0.3 is 0 Å². The van der Waals surface area contributed by atoms with Crippen LogP contribution in [-0.2, 0) is 6.61 Å². The Balaban J connectivity index is 1.47. The van der Waals surface area contributed by atoms with Crippen LogP contribution >= 0.6 is 0 Å². The van der Waals surface area contributed by atoms with Crippen LogP contribution in [0.15, 0.2) is 83.5 Å². The van der Waals surface area contributed by atoms with E-state index in [4.69, 9.17) is 9.26 Å². The van der Waals surface area contributed by atoms with Crippen LogP contribution in [0.4, 0.5) is 0 Å². The summed E-state index contributed by atoms with van der Waals surface area (Å²) in [6.07, 6.45) is 1.74. The number of hydrogen-bond acceptors (Lipinski definition) is 5. The molecule has 0 aliphatic carbocycles. The molecule has 2 aromatic carbocycles. The highest BCUT2D eigenvalue weighted by Gasteiger charge is 2.23. The molecule has 31 heavy (non-hydrogen) atoms. The average Bonchev–Trinajstić information content (AvgIpc) is 3.20. The van der Waals surface area contributed by atoms with Crippen LogP contribution in [0, 0.1) is 6.92 Å². The fourth-order valence-corrected chi connectivity index (χ4v) is 3.30. The Morgan fingerprint density at radius 1 is 1.06 bits per heavy atom. The zero-order valence-corrected chi connectivity index (χ0v) is 17.4. The molecule has 1 N–H and O–H groups in total. The van der Waals surface area contributed by atoms with Crippen LogP contribution in [-0.4, -0.2) is 16.0 Å². The molecule has 0 aliphatic heterocycles. The average molecular weight is 413 g/mol. The molecule has 0 radical (unpaired) electrons. The van der Waals surface area contributed by atoms with E-state index in [1.807, 2.05) is 79.7 Å². The molecule has 2 heterocycles. The molecule has 0 fully saturated rings. The first-order valence-corrected chi connectivity index (χ1v) is 10.1. The van der Waals surface area contributed by atoms with Crippen LogP contribution in [0.5, 0.6) is 5.75 Å². The van der Waals surface area contributed by atoms with Gasteiger partial charge in [0.15, 0.2) is 0 Å². The van der Waals surface area contributed by atoms with Crippen LogP contribution in [0.25, 0.3) is 11.3 Å². The highest BCUT2D eigenvalue weighted by Crippen LogP contribution is 2.26. The molecule has 4 rings (SSSR count). The number of aryl methyl sites for hydroxylation is 1. The third-order valence-electron chi connectivity index (χ3n) is 4.96. The van der Waals surface area contributed by atoms with E-state index in [0.717, 1.165) is 22.6 Å². The van der Waals surface area contributed by atoms with Gasteiger partial charge in [0, 0.05) is 11.8 Å². The maximum absolute atomic E-state index is 13.0. The van der Waals surface area contributed by atoms with Gasteiger partial charge in [-0.1, -0.05) is 53.7 Å². The van der Waals surface area contributed by atoms with Crippen molar-refractivity contribution in [1.29, 1.82) is 0 Å². The molecule has 1 unspecified atom stereocenters. The van der Waals surface area contributed by atoms with E-state index in [-0.39, 0.29) is 11.9 Å². The minimum Gasteiger partial charge on any atom is -0.487 e. The number of carbonyl (C=O) groups is 1. The summed E-state index contributed by atoms with van der Waals surface area (Å²) >= 11 is 0. The van der Waals surface area contributed by atoms with Crippen molar-refractivity contribution in [3.8, 4) is 17.0 Å². The Hall–Kier alpha value is -3.93. The summed E-state index contributed by atoms with van der Waals surface area (Å²) in [6.45, 7) is 4.05. The number of aromatic nitrogens is 2. The SMILES string of the molecule is Cc1onc(-c2ccccc2)c1C(=O)NC(C)c1cccc(OCc2ccccn2)c1. The second-order valence-corrected chi connectivity index (χ2v) is 7.21. The van der Waals surface area contributed by atoms with Crippen LogP contribution < -0.4 is 10.1 Å². The third kappa shape index (κ3) is 4.80. The molecule has 0 bridgehead atoms. The number of nitrogens with one attached hydrogen (secondary N) is 1. The summed E-state index contributed by atoms with van der Waals surface area (Å²) < 4.78 is 11.2. The number of hydrogen-bond donors (Lipinski definition) is 1. The normalized spacial score (nSPS) is 11.7. The fraction of sp³-hybridized carbons (Fsp3) is 0.160. The minimum atomic E-state index is -0.233. The number of benzene rings is 2. The van der Waals surface area contributed by atoms with Crippen molar-refractivity contribution >= 4 is 5.91 Å². The van der Waals surface area contributed by atoms with Crippen molar-refractivity contribution in [3.63, 3.8) is 0 Å². The summed E-state index contributed by atoms with van der Waals surface area (Å²) in [5.41, 5.74) is 3.60. The van der Waals surface area contributed by atoms with Gasteiger partial charge in [-0.15, -0.1) is 0 Å². The molecule has 6 nitrogen and oxygen atoms in total. The van der Waals surface area contributed by atoms with Gasteiger partial charge in [-0.3, -0.25) is 9.78 Å². The summed E-state index contributed by atoms with van der Waals surface area (Å²) in [6, 6.07) is 22.7. The van der Waals surface area contributed by atoms with Crippen LogP contribution in [0.3, 0.4) is 0 Å². The van der Waals surface area contributed by atoms with Gasteiger partial charge in [0.1, 0.15) is 29.4 Å². The maximum atomic E-state index is 13.0. The first-order chi connectivity index (χ1) is 15.1. The van der Waals surface area contributed by atoms with Gasteiger partial charge in [0.05, 0.1) is 11.7 Å². The van der Waals surface area contributed by atoms with Crippen molar-refractivity contribution in [1.82, 2.24) is 15.5 Å². The van der Waals surface area contributed by atoms with E-state index in [9.17, 15) is 4.79 Å². The predicted molar refractivity (Wildman–Crippen MR) is 118 cm³/mol. The lowest BCUT2D eigenvalue weighted by molar-refractivity contribution is 0.0939. The maximum Gasteiger partial charge on any atom is 0.257 e. The zero-order chi connectivity index (χ0) is 21.6. The summed E-state index contributed by atoms with van der Waals surface area (Å²) in [5, 5.41) is 7.14. The number of ether oxygens (including phenoxy) is 1. The summed E-state index contributed by atoms with van der Waals surface area (Å²) in [4.78, 5) is 17.3. The first-order valence-electron chi connectivity index (χ1n) is 10.1. The van der Waals surface area contributed by atoms with Crippen LogP contribution in [0.1, 0.15) is 40.3 Å². The van der Waals surface area contributed by atoms with Crippen LogP contribution in [0.2, 0.25) is 0 Å². The Bertz CT molecular complexity index is 1160. The molecule has 0 saturated carbocycles. The van der Waals surface area contributed by atoms with Crippen molar-refractivity contribution in [2.75, 3.05) is 0 Å². The lowest BCUT2D eigenvalue weighted by atomic mass is 10.0. The Kier molecular flexibility index (Phi) is 6.08. The molecule has 0 aliphatic rings. The molecular formula is C25H23N3O3. The molecule has 1 atom stereocenters. The summed E-state index contributed by atoms with van der Waals surface area (Å²) in [7, 11) is 0. The second kappa shape index (κ2) is 9.26. The Labute approximate surface area is 180 Å². The topological polar surface area (TPSA) is 77.2 Å². The van der Waals surface area contributed by atoms with Gasteiger partial charge in [0.25, 0.3) is 5.91 Å². The van der Waals surface area contributed by atoms with Gasteiger partial charge < -0.3 is 14.6 Å². The summed E-state index contributed by atoms with van der Waals surface area (Å²) in [5.74, 6) is 0.969. The van der Waals surface area contributed by atoms with E-state index in [2.05, 4.69) is 15.5 Å². The number of nitrogens with zero attached hydrogens (tertiary/aromatic N) is 2. The van der Waals surface area contributed by atoms with Gasteiger partial charge in [-0.05, 0) is 43.7 Å². The quantitative estimate of drug-likeness (QED) is 0.455. The molecule has 0 spiro atoms. The number of pyridine rings is 1. The van der Waals surface area contributed by atoms with Crippen molar-refractivity contribution in [2.24, 2.45) is 0 Å². The molecular weight excluding hydrogens is 390 g/mol. The van der Waals surface area contributed by atoms with E-state index in [1.165, 1.54) is 0 Å². The smallest absolute Gasteiger partial charge is 0.257 e. The molecule has 156 valence electrons. The van der Waals surface area contributed by atoms with Gasteiger partial charge in [-0.2, -0.15) is 0 Å².